The average Bonchev–Trinajstić information content (AvgIpc) is 0. The fourth-order valence-electron chi connectivity index (χ4n) is 0. The van der Waals surface area contributed by atoms with Gasteiger partial charge in [-0.2, -0.15) is 0 Å². The van der Waals surface area contributed by atoms with Crippen LogP contribution in [0.15, 0.2) is 0 Å². The predicted molar refractivity (Wildman–Crippen MR) is 56.3 cm³/mol. The van der Waals surface area contributed by atoms with Gasteiger partial charge in [0.15, 0.2) is 0 Å². The van der Waals surface area contributed by atoms with Gasteiger partial charge in [0.25, 0.3) is 0 Å². The number of hydrogen-bond acceptors (Lipinski definition) is 0. The van der Waals surface area contributed by atoms with Crippen molar-refractivity contribution in [3.8, 4) is 0 Å². The van der Waals surface area contributed by atoms with Crippen molar-refractivity contribution in [1.29, 1.82) is 0 Å². The zero-order valence-corrected chi connectivity index (χ0v) is 23.6. The molecule has 12 heavy (non-hydrogen) atoms. The van der Waals surface area contributed by atoms with Crippen LogP contribution in [-0.2, 0) is 0 Å². The summed E-state index contributed by atoms with van der Waals surface area (Å²) in [4.78, 5) is 0. The fourth-order valence-corrected chi connectivity index (χ4v) is 0. The Hall–Kier alpha value is 7.03. The second-order valence-electron chi connectivity index (χ2n) is 0. The Kier molecular flexibility index (Phi) is 1100. The maximum atomic E-state index is 0. The van der Waals surface area contributed by atoms with Gasteiger partial charge in [-0.1, -0.05) is 0 Å². The molecule has 0 spiro atoms. The Morgan fingerprint density at radius 3 is 0.250 bits per heavy atom. The van der Waals surface area contributed by atoms with Crippen molar-refractivity contribution in [2.75, 3.05) is 0 Å². The van der Waals surface area contributed by atoms with Crippen LogP contribution in [0.2, 0.25) is 0 Å². The fraction of sp³-hybridized carbons (Fsp3) is 0. The summed E-state index contributed by atoms with van der Waals surface area (Å²) in [5.74, 6) is 0. The van der Waals surface area contributed by atoms with Gasteiger partial charge in [0, 0.05) is 0 Å². The topological polar surface area (TPSA) is 0 Å². The van der Waals surface area contributed by atoms with Crippen LogP contribution < -0.4 is 148 Å². The number of rotatable bonds is 0. The molecule has 0 saturated carbocycles. The maximum Gasteiger partial charge on any atom is 1.00 e. The molecule has 66 valence electrons. The van der Waals surface area contributed by atoms with Crippen LogP contribution in [0.5, 0.6) is 0 Å². The molecule has 0 unspecified atom stereocenters. The summed E-state index contributed by atoms with van der Waals surface area (Å²) >= 11 is 0. The van der Waals surface area contributed by atoms with Crippen LogP contribution in [0.4, 0.5) is 0 Å². The van der Waals surface area contributed by atoms with Crippen molar-refractivity contribution in [1.82, 2.24) is 0 Å². The van der Waals surface area contributed by atoms with Gasteiger partial charge in [-0.3, -0.25) is 0 Å². The number of halogens is 7. The molecule has 0 aliphatic carbocycles. The molecule has 0 atom stereocenters. The van der Waals surface area contributed by atoms with Crippen LogP contribution in [0, 0.1) is 0 Å². The zero-order chi connectivity index (χ0) is 0. The minimum absolute atomic E-state index is 0. The smallest absolute Gasteiger partial charge is 1.00 e. The molecule has 0 N–H and O–H groups in total. The van der Waals surface area contributed by atoms with Gasteiger partial charge in [-0.25, -0.2) is 0 Å². The molecule has 0 radical (unpaired) electrons. The van der Waals surface area contributed by atoms with Crippen molar-refractivity contribution in [3.05, 3.63) is 0 Å². The van der Waals surface area contributed by atoms with E-state index in [4.69, 9.17) is 0 Å². The van der Waals surface area contributed by atoms with E-state index in [1.807, 2.05) is 0 Å². The molecule has 0 bridgehead atoms. The average molecular weight is 375 g/mol. The molecule has 0 aromatic carbocycles. The summed E-state index contributed by atoms with van der Waals surface area (Å²) in [5.41, 5.74) is 0. The normalized spacial score (nSPS) is 0. The first-order chi connectivity index (χ1) is 0. The summed E-state index contributed by atoms with van der Waals surface area (Å²) in [6, 6.07) is 0. The monoisotopic (exact) mass is 372 g/mol. The van der Waals surface area contributed by atoms with Crippen molar-refractivity contribution < 1.29 is 155 Å². The molecule has 0 aliphatic rings. The second kappa shape index (κ2) is 106. The van der Waals surface area contributed by atoms with Crippen LogP contribution in [-0.4, -0.2) is 0 Å². The first-order valence-corrected chi connectivity index (χ1v) is 0. The Bertz CT molecular complexity index is 26.6. The Labute approximate surface area is 236 Å². The van der Waals surface area contributed by atoms with E-state index in [-0.39, 0.29) is 242 Å². The van der Waals surface area contributed by atoms with Gasteiger partial charge in [0.1, 0.15) is 0 Å². The van der Waals surface area contributed by atoms with Crippen molar-refractivity contribution in [2.45, 2.75) is 0 Å². The first-order valence-electron chi connectivity index (χ1n) is 0. The van der Waals surface area contributed by atoms with Crippen molar-refractivity contribution in [2.24, 2.45) is 0 Å². The molecule has 0 heterocycles. The molecular weight excluding hydrogens is 363 g/mol. The van der Waals surface area contributed by atoms with E-state index in [0.29, 0.717) is 0 Å². The van der Waals surface area contributed by atoms with Crippen molar-refractivity contribution >= 4 is 86.8 Å². The van der Waals surface area contributed by atoms with Gasteiger partial charge in [-0.15, -0.1) is 86.8 Å². The molecule has 12 heteroatoms. The summed E-state index contributed by atoms with van der Waals surface area (Å²) < 4.78 is 0. The Balaban J connectivity index is 0. The van der Waals surface area contributed by atoms with Gasteiger partial charge in [-0.05, 0) is 0 Å². The predicted octanol–water partition coefficient (Wildman–Crippen LogP) is -11.5. The van der Waals surface area contributed by atoms with Crippen LogP contribution >= 0.6 is 86.8 Å². The Morgan fingerprint density at radius 2 is 0.250 bits per heavy atom. The van der Waals surface area contributed by atoms with E-state index in [1.54, 1.807) is 0 Å². The van der Waals surface area contributed by atoms with Gasteiger partial charge in [0.05, 0.1) is 0 Å². The molecule has 0 amide bonds. The summed E-state index contributed by atoms with van der Waals surface area (Å²) in [7, 11) is 0. The van der Waals surface area contributed by atoms with Crippen LogP contribution in [0.3, 0.4) is 0 Å². The summed E-state index contributed by atoms with van der Waals surface area (Å²) in [5, 5.41) is 0. The van der Waals surface area contributed by atoms with Crippen LogP contribution in [0.25, 0.3) is 0 Å². The van der Waals surface area contributed by atoms with E-state index in [1.165, 1.54) is 0 Å². The maximum absolute atomic E-state index is 0. The SMILES string of the molecule is Cl.Cl.Cl.Cl.Cl.Cl.Cl.[H-].[H-].[H-].[H-].[H-].[Na+].[Na+].[Na+].[Na+].[Na+]. The van der Waals surface area contributed by atoms with E-state index in [2.05, 4.69) is 0 Å². The molecule has 0 aromatic heterocycles. The van der Waals surface area contributed by atoms with Crippen molar-refractivity contribution in [3.63, 3.8) is 0 Å². The van der Waals surface area contributed by atoms with E-state index in [9.17, 15) is 0 Å². The molecule has 0 fully saturated rings. The second-order valence-corrected chi connectivity index (χ2v) is 0. The van der Waals surface area contributed by atoms with E-state index in [0.717, 1.165) is 0 Å². The van der Waals surface area contributed by atoms with Gasteiger partial charge >= 0.3 is 148 Å². The minimum Gasteiger partial charge on any atom is -1.00 e. The standard InChI is InChI=1S/7ClH.5Na.5H/h7*1H;;;;;;;;;;/q;;;;;;;5*+1;5*-1. The third-order valence-electron chi connectivity index (χ3n) is 0. The first kappa shape index (κ1) is 125. The Morgan fingerprint density at radius 1 is 0.250 bits per heavy atom. The number of hydrogen-bond donors (Lipinski definition) is 0. The molecular formula is H12Cl7Na5. The van der Waals surface area contributed by atoms with E-state index < -0.39 is 0 Å². The third-order valence-corrected chi connectivity index (χ3v) is 0. The van der Waals surface area contributed by atoms with Gasteiger partial charge < -0.3 is 7.13 Å². The molecule has 0 aromatic rings. The minimum atomic E-state index is 0. The summed E-state index contributed by atoms with van der Waals surface area (Å²) in [6.45, 7) is 0. The third kappa shape index (κ3) is 88.5. The molecule has 0 saturated heterocycles. The quantitative estimate of drug-likeness (QED) is 0.369. The largest absolute Gasteiger partial charge is 1.00 e. The molecule has 0 nitrogen and oxygen atoms in total. The molecule has 0 rings (SSSR count). The summed E-state index contributed by atoms with van der Waals surface area (Å²) in [6.07, 6.45) is 0. The molecule has 0 aliphatic heterocycles. The zero-order valence-electron chi connectivity index (χ0n) is 12.9. The van der Waals surface area contributed by atoms with Gasteiger partial charge in [0.2, 0.25) is 0 Å². The van der Waals surface area contributed by atoms with E-state index >= 15 is 0 Å². The van der Waals surface area contributed by atoms with Crippen LogP contribution in [0.1, 0.15) is 7.13 Å².